The number of fused-ring (bicyclic) bond motifs is 2. The molecule has 0 saturated heterocycles. The number of halogens is 1. The van der Waals surface area contributed by atoms with Crippen molar-refractivity contribution in [3.8, 4) is 0 Å². The van der Waals surface area contributed by atoms with Crippen molar-refractivity contribution in [2.45, 2.75) is 43.4 Å². The Bertz CT molecular complexity index is 504. The molecule has 2 saturated carbocycles. The lowest BCUT2D eigenvalue weighted by Gasteiger charge is -2.20. The van der Waals surface area contributed by atoms with Crippen LogP contribution in [0.5, 0.6) is 0 Å². The summed E-state index contributed by atoms with van der Waals surface area (Å²) in [7, 11) is 0. The maximum Gasteiger partial charge on any atom is 0.220 e. The molecule has 0 aromatic heterocycles. The summed E-state index contributed by atoms with van der Waals surface area (Å²) in [6, 6.07) is 6.57. The van der Waals surface area contributed by atoms with Gasteiger partial charge in [-0.2, -0.15) is 0 Å². The third-order valence-electron chi connectivity index (χ3n) is 5.06. The maximum atomic E-state index is 12.8. The molecule has 1 N–H and O–H groups in total. The van der Waals surface area contributed by atoms with Gasteiger partial charge in [0.05, 0.1) is 0 Å². The average molecular weight is 321 g/mol. The smallest absolute Gasteiger partial charge is 0.220 e. The number of nitrogens with one attached hydrogen (secondary N) is 1. The number of rotatable bonds is 7. The van der Waals surface area contributed by atoms with E-state index >= 15 is 0 Å². The fourth-order valence-corrected chi connectivity index (χ4v) is 4.81. The molecular formula is C18H24FNOS. The van der Waals surface area contributed by atoms with Crippen molar-refractivity contribution in [1.82, 2.24) is 5.32 Å². The Kier molecular flexibility index (Phi) is 5.40. The Morgan fingerprint density at radius 2 is 2.05 bits per heavy atom. The van der Waals surface area contributed by atoms with Crippen LogP contribution in [0.4, 0.5) is 4.39 Å². The van der Waals surface area contributed by atoms with Crippen molar-refractivity contribution in [3.05, 3.63) is 30.1 Å². The molecule has 2 aliphatic carbocycles. The number of hydrogen-bond acceptors (Lipinski definition) is 2. The summed E-state index contributed by atoms with van der Waals surface area (Å²) in [5.41, 5.74) is 0. The maximum absolute atomic E-state index is 12.8. The van der Waals surface area contributed by atoms with Crippen molar-refractivity contribution < 1.29 is 9.18 Å². The minimum absolute atomic E-state index is 0.197. The van der Waals surface area contributed by atoms with Gasteiger partial charge in [-0.1, -0.05) is 6.42 Å². The number of benzene rings is 1. The molecule has 0 aliphatic heterocycles. The van der Waals surface area contributed by atoms with Gasteiger partial charge in [-0.05, 0) is 73.5 Å². The van der Waals surface area contributed by atoms with Gasteiger partial charge < -0.3 is 5.32 Å². The van der Waals surface area contributed by atoms with Gasteiger partial charge in [0.25, 0.3) is 0 Å². The lowest BCUT2D eigenvalue weighted by atomic mass is 9.86. The summed E-state index contributed by atoms with van der Waals surface area (Å²) in [5.74, 6) is 3.36. The molecule has 0 heterocycles. The molecule has 0 radical (unpaired) electrons. The van der Waals surface area contributed by atoms with Crippen molar-refractivity contribution in [1.29, 1.82) is 0 Å². The second-order valence-corrected chi connectivity index (χ2v) is 7.81. The first-order valence-corrected chi connectivity index (χ1v) is 9.34. The van der Waals surface area contributed by atoms with E-state index < -0.39 is 0 Å². The first kappa shape index (κ1) is 15.9. The van der Waals surface area contributed by atoms with Gasteiger partial charge in [-0.3, -0.25) is 4.79 Å². The van der Waals surface area contributed by atoms with Gasteiger partial charge in [0, 0.05) is 17.9 Å². The highest BCUT2D eigenvalue weighted by atomic mass is 32.2. The van der Waals surface area contributed by atoms with E-state index in [0.29, 0.717) is 5.92 Å². The van der Waals surface area contributed by atoms with Gasteiger partial charge in [0.2, 0.25) is 5.91 Å². The van der Waals surface area contributed by atoms with Crippen molar-refractivity contribution in [2.75, 3.05) is 12.3 Å². The molecular weight excluding hydrogens is 297 g/mol. The predicted octanol–water partition coefficient (Wildman–Crippen LogP) is 4.25. The van der Waals surface area contributed by atoms with Crippen LogP contribution in [0.15, 0.2) is 29.2 Å². The molecule has 3 unspecified atom stereocenters. The number of amides is 1. The Labute approximate surface area is 136 Å². The summed E-state index contributed by atoms with van der Waals surface area (Å²) in [5, 5.41) is 3.05. The topological polar surface area (TPSA) is 29.1 Å². The lowest BCUT2D eigenvalue weighted by Crippen LogP contribution is -2.28. The van der Waals surface area contributed by atoms with E-state index in [2.05, 4.69) is 5.32 Å². The third kappa shape index (κ3) is 4.25. The second-order valence-electron chi connectivity index (χ2n) is 6.64. The van der Waals surface area contributed by atoms with Crippen LogP contribution < -0.4 is 5.32 Å². The highest BCUT2D eigenvalue weighted by Gasteiger charge is 2.39. The summed E-state index contributed by atoms with van der Waals surface area (Å²) >= 11 is 1.71. The fourth-order valence-electron chi connectivity index (χ4n) is 3.96. The van der Waals surface area contributed by atoms with Crippen LogP contribution in [0.1, 0.15) is 38.5 Å². The van der Waals surface area contributed by atoms with Crippen molar-refractivity contribution in [2.24, 2.45) is 17.8 Å². The molecule has 2 bridgehead atoms. The van der Waals surface area contributed by atoms with Crippen LogP contribution in [-0.2, 0) is 4.79 Å². The Morgan fingerprint density at radius 1 is 1.23 bits per heavy atom. The summed E-state index contributed by atoms with van der Waals surface area (Å²) in [6.45, 7) is 0.744. The quantitative estimate of drug-likeness (QED) is 0.601. The van der Waals surface area contributed by atoms with E-state index in [4.69, 9.17) is 0 Å². The normalized spacial score (nSPS) is 26.3. The van der Waals surface area contributed by atoms with Crippen LogP contribution in [-0.4, -0.2) is 18.2 Å². The Balaban J connectivity index is 1.27. The van der Waals surface area contributed by atoms with Gasteiger partial charge in [-0.25, -0.2) is 4.39 Å². The number of thioether (sulfide) groups is 1. The summed E-state index contributed by atoms with van der Waals surface area (Å²) in [6.07, 6.45) is 7.06. The summed E-state index contributed by atoms with van der Waals surface area (Å²) < 4.78 is 12.8. The highest BCUT2D eigenvalue weighted by Crippen LogP contribution is 2.49. The van der Waals surface area contributed by atoms with Crippen molar-refractivity contribution >= 4 is 17.7 Å². The molecule has 0 spiro atoms. The molecule has 1 aromatic carbocycles. The van der Waals surface area contributed by atoms with Gasteiger partial charge in [-0.15, -0.1) is 11.8 Å². The van der Waals surface area contributed by atoms with Crippen molar-refractivity contribution in [3.63, 3.8) is 0 Å². The van der Waals surface area contributed by atoms with E-state index in [-0.39, 0.29) is 11.7 Å². The fraction of sp³-hybridized carbons (Fsp3) is 0.611. The minimum Gasteiger partial charge on any atom is -0.356 e. The SMILES string of the molecule is O=C(CC1CC2CCC1C2)NCCCSc1ccc(F)cc1. The zero-order chi connectivity index (χ0) is 15.4. The molecule has 3 rings (SSSR count). The Hall–Kier alpha value is -1.03. The van der Waals surface area contributed by atoms with Gasteiger partial charge >= 0.3 is 0 Å². The standard InChI is InChI=1S/C18H24FNOS/c19-16-4-6-17(7-5-16)22-9-1-8-20-18(21)12-15-11-13-2-3-14(15)10-13/h4-7,13-15H,1-3,8-12H2,(H,20,21). The predicted molar refractivity (Wildman–Crippen MR) is 88.3 cm³/mol. The monoisotopic (exact) mass is 321 g/mol. The second kappa shape index (κ2) is 7.49. The molecule has 2 fully saturated rings. The molecule has 4 heteroatoms. The minimum atomic E-state index is -0.197. The van der Waals surface area contributed by atoms with Crippen LogP contribution >= 0.6 is 11.8 Å². The van der Waals surface area contributed by atoms with Gasteiger partial charge in [0.15, 0.2) is 0 Å². The van der Waals surface area contributed by atoms with E-state index in [0.717, 1.165) is 41.9 Å². The molecule has 120 valence electrons. The number of carbonyl (C=O) groups is 1. The van der Waals surface area contributed by atoms with E-state index in [1.807, 2.05) is 0 Å². The third-order valence-corrected chi connectivity index (χ3v) is 6.16. The van der Waals surface area contributed by atoms with E-state index in [1.54, 1.807) is 23.9 Å². The molecule has 22 heavy (non-hydrogen) atoms. The van der Waals surface area contributed by atoms with Crippen LogP contribution in [0.3, 0.4) is 0 Å². The molecule has 2 nitrogen and oxygen atoms in total. The van der Waals surface area contributed by atoms with Gasteiger partial charge in [0.1, 0.15) is 5.82 Å². The Morgan fingerprint density at radius 3 is 2.73 bits per heavy atom. The highest BCUT2D eigenvalue weighted by molar-refractivity contribution is 7.99. The largest absolute Gasteiger partial charge is 0.356 e. The zero-order valence-corrected chi connectivity index (χ0v) is 13.7. The lowest BCUT2D eigenvalue weighted by molar-refractivity contribution is -0.122. The first-order valence-electron chi connectivity index (χ1n) is 8.36. The van der Waals surface area contributed by atoms with E-state index in [1.165, 1.54) is 37.8 Å². The molecule has 1 amide bonds. The first-order chi connectivity index (χ1) is 10.7. The van der Waals surface area contributed by atoms with Crippen LogP contribution in [0.25, 0.3) is 0 Å². The molecule has 3 atom stereocenters. The number of hydrogen-bond donors (Lipinski definition) is 1. The molecule has 2 aliphatic rings. The summed E-state index contributed by atoms with van der Waals surface area (Å²) in [4.78, 5) is 13.1. The van der Waals surface area contributed by atoms with E-state index in [9.17, 15) is 9.18 Å². The average Bonchev–Trinajstić information content (AvgIpc) is 3.11. The number of carbonyl (C=O) groups excluding carboxylic acids is 1. The van der Waals surface area contributed by atoms with Crippen LogP contribution in [0, 0.1) is 23.6 Å². The van der Waals surface area contributed by atoms with Crippen LogP contribution in [0.2, 0.25) is 0 Å². The molecule has 1 aromatic rings. The zero-order valence-electron chi connectivity index (χ0n) is 12.9.